The lowest BCUT2D eigenvalue weighted by molar-refractivity contribution is -0.147. The molecule has 0 spiro atoms. The normalized spacial score (nSPS) is 19.2. The van der Waals surface area contributed by atoms with E-state index in [0.29, 0.717) is 25.1 Å². The number of aliphatic carboxylic acids is 1. The molecule has 1 heterocycles. The summed E-state index contributed by atoms with van der Waals surface area (Å²) in [6, 6.07) is 5.55. The molecule has 0 saturated carbocycles. The van der Waals surface area contributed by atoms with Crippen molar-refractivity contribution >= 4 is 17.6 Å². The molecule has 0 aliphatic carbocycles. The molecule has 1 aliphatic heterocycles. The van der Waals surface area contributed by atoms with Crippen molar-refractivity contribution in [2.75, 3.05) is 11.4 Å². The van der Waals surface area contributed by atoms with Crippen LogP contribution in [0.3, 0.4) is 0 Å². The van der Waals surface area contributed by atoms with Crippen molar-refractivity contribution in [3.8, 4) is 5.75 Å². The number of benzene rings is 1. The van der Waals surface area contributed by atoms with E-state index in [2.05, 4.69) is 4.74 Å². The van der Waals surface area contributed by atoms with E-state index in [9.17, 15) is 18.4 Å². The highest BCUT2D eigenvalue weighted by atomic mass is 19.3. The van der Waals surface area contributed by atoms with Gasteiger partial charge in [0.1, 0.15) is 11.7 Å². The van der Waals surface area contributed by atoms with E-state index in [1.807, 2.05) is 0 Å². The van der Waals surface area contributed by atoms with Crippen molar-refractivity contribution in [1.29, 1.82) is 0 Å². The third-order valence-corrected chi connectivity index (χ3v) is 3.11. The number of anilines is 1. The molecule has 1 fully saturated rings. The number of rotatable bonds is 4. The van der Waals surface area contributed by atoms with Crippen LogP contribution in [-0.2, 0) is 9.59 Å². The lowest BCUT2D eigenvalue weighted by Gasteiger charge is -2.30. The Hall–Kier alpha value is -2.18. The van der Waals surface area contributed by atoms with Crippen LogP contribution in [-0.4, -0.2) is 30.1 Å². The molecule has 1 aliphatic rings. The zero-order valence-corrected chi connectivity index (χ0v) is 10.5. The van der Waals surface area contributed by atoms with Gasteiger partial charge in [-0.2, -0.15) is 8.78 Å². The average Bonchev–Trinajstić information content (AvgIpc) is 2.39. The molecule has 20 heavy (non-hydrogen) atoms. The number of piperidine rings is 1. The SMILES string of the molecule is O=C(O)C1CCCN(c2ccc(OC(F)F)cc2)C1=O. The summed E-state index contributed by atoms with van der Waals surface area (Å²) in [4.78, 5) is 24.3. The fraction of sp³-hybridized carbons (Fsp3) is 0.385. The zero-order chi connectivity index (χ0) is 14.7. The van der Waals surface area contributed by atoms with Crippen LogP contribution in [0.1, 0.15) is 12.8 Å². The molecule has 2 rings (SSSR count). The smallest absolute Gasteiger partial charge is 0.387 e. The van der Waals surface area contributed by atoms with Gasteiger partial charge in [-0.05, 0) is 37.1 Å². The van der Waals surface area contributed by atoms with Crippen LogP contribution in [0.4, 0.5) is 14.5 Å². The Morgan fingerprint density at radius 1 is 1.35 bits per heavy atom. The van der Waals surface area contributed by atoms with E-state index < -0.39 is 24.4 Å². The number of carboxylic acid groups (broad SMARTS) is 1. The molecule has 1 N–H and O–H groups in total. The first kappa shape index (κ1) is 14.2. The van der Waals surface area contributed by atoms with Crippen molar-refractivity contribution in [2.45, 2.75) is 19.5 Å². The standard InChI is InChI=1S/C13H13F2NO4/c14-13(15)20-9-5-3-8(4-6-9)16-7-1-2-10(11(16)17)12(18)19/h3-6,10,13H,1-2,7H2,(H,18,19). The highest BCUT2D eigenvalue weighted by molar-refractivity contribution is 6.06. The summed E-state index contributed by atoms with van der Waals surface area (Å²) in [5.74, 6) is -2.67. The van der Waals surface area contributed by atoms with Crippen molar-refractivity contribution in [1.82, 2.24) is 0 Å². The van der Waals surface area contributed by atoms with Gasteiger partial charge in [-0.1, -0.05) is 0 Å². The molecule has 7 heteroatoms. The van der Waals surface area contributed by atoms with Crippen molar-refractivity contribution in [3.63, 3.8) is 0 Å². The van der Waals surface area contributed by atoms with Gasteiger partial charge in [-0.3, -0.25) is 9.59 Å². The number of hydrogen-bond acceptors (Lipinski definition) is 3. The molecule has 1 atom stereocenters. The van der Waals surface area contributed by atoms with E-state index in [0.717, 1.165) is 0 Å². The third kappa shape index (κ3) is 3.04. The molecule has 1 amide bonds. The van der Waals surface area contributed by atoms with Gasteiger partial charge in [-0.15, -0.1) is 0 Å². The van der Waals surface area contributed by atoms with Gasteiger partial charge in [0.05, 0.1) is 0 Å². The lowest BCUT2D eigenvalue weighted by atomic mass is 9.97. The molecular weight excluding hydrogens is 272 g/mol. The number of nitrogens with zero attached hydrogens (tertiary/aromatic N) is 1. The Morgan fingerprint density at radius 2 is 2.00 bits per heavy atom. The molecule has 1 saturated heterocycles. The first-order chi connectivity index (χ1) is 9.49. The predicted molar refractivity (Wildman–Crippen MR) is 65.8 cm³/mol. The van der Waals surface area contributed by atoms with Crippen LogP contribution in [0.25, 0.3) is 0 Å². The summed E-state index contributed by atoms with van der Waals surface area (Å²) in [5.41, 5.74) is 0.475. The van der Waals surface area contributed by atoms with Gasteiger partial charge in [-0.25, -0.2) is 0 Å². The summed E-state index contributed by atoms with van der Waals surface area (Å²) in [7, 11) is 0. The molecule has 0 aromatic heterocycles. The molecular formula is C13H13F2NO4. The molecule has 1 aromatic carbocycles. The van der Waals surface area contributed by atoms with Crippen molar-refractivity contribution < 1.29 is 28.2 Å². The largest absolute Gasteiger partial charge is 0.481 e. The Balaban J connectivity index is 2.14. The van der Waals surface area contributed by atoms with Gasteiger partial charge in [0.2, 0.25) is 5.91 Å². The number of halogens is 2. The maximum absolute atomic E-state index is 12.0. The van der Waals surface area contributed by atoms with Gasteiger partial charge < -0.3 is 14.7 Å². The first-order valence-corrected chi connectivity index (χ1v) is 6.08. The van der Waals surface area contributed by atoms with E-state index in [1.54, 1.807) is 0 Å². The minimum Gasteiger partial charge on any atom is -0.481 e. The Morgan fingerprint density at radius 3 is 2.55 bits per heavy atom. The number of carbonyl (C=O) groups is 2. The number of alkyl halides is 2. The highest BCUT2D eigenvalue weighted by Crippen LogP contribution is 2.26. The van der Waals surface area contributed by atoms with E-state index in [4.69, 9.17) is 5.11 Å². The Kier molecular flexibility index (Phi) is 4.16. The topological polar surface area (TPSA) is 66.8 Å². The van der Waals surface area contributed by atoms with E-state index >= 15 is 0 Å². The first-order valence-electron chi connectivity index (χ1n) is 6.08. The fourth-order valence-corrected chi connectivity index (χ4v) is 2.17. The Bertz CT molecular complexity index is 504. The molecule has 1 aromatic rings. The average molecular weight is 285 g/mol. The van der Waals surface area contributed by atoms with E-state index in [1.165, 1.54) is 29.2 Å². The number of carboxylic acids is 1. The molecule has 108 valence electrons. The summed E-state index contributed by atoms with van der Waals surface area (Å²) in [6.45, 7) is -2.49. The van der Waals surface area contributed by atoms with Crippen LogP contribution in [0.5, 0.6) is 5.75 Å². The van der Waals surface area contributed by atoms with Crippen LogP contribution >= 0.6 is 0 Å². The summed E-state index contributed by atoms with van der Waals surface area (Å²) in [6.07, 6.45) is 0.898. The number of hydrogen-bond donors (Lipinski definition) is 1. The summed E-state index contributed by atoms with van der Waals surface area (Å²) in [5, 5.41) is 8.97. The minimum atomic E-state index is -2.91. The van der Waals surface area contributed by atoms with Crippen molar-refractivity contribution in [3.05, 3.63) is 24.3 Å². The number of amides is 1. The quantitative estimate of drug-likeness (QED) is 0.860. The van der Waals surface area contributed by atoms with Gasteiger partial charge >= 0.3 is 12.6 Å². The maximum atomic E-state index is 12.0. The number of ether oxygens (including phenoxy) is 1. The lowest BCUT2D eigenvalue weighted by Crippen LogP contribution is -2.44. The minimum absolute atomic E-state index is 0.0111. The molecule has 1 unspecified atom stereocenters. The second-order valence-electron chi connectivity index (χ2n) is 4.40. The highest BCUT2D eigenvalue weighted by Gasteiger charge is 2.34. The fourth-order valence-electron chi connectivity index (χ4n) is 2.17. The second kappa shape index (κ2) is 5.85. The molecule has 5 nitrogen and oxygen atoms in total. The van der Waals surface area contributed by atoms with Crippen LogP contribution < -0.4 is 9.64 Å². The van der Waals surface area contributed by atoms with E-state index in [-0.39, 0.29) is 5.75 Å². The monoisotopic (exact) mass is 285 g/mol. The molecule has 0 bridgehead atoms. The second-order valence-corrected chi connectivity index (χ2v) is 4.40. The maximum Gasteiger partial charge on any atom is 0.387 e. The number of carbonyl (C=O) groups excluding carboxylic acids is 1. The van der Waals surface area contributed by atoms with Crippen molar-refractivity contribution in [2.24, 2.45) is 5.92 Å². The van der Waals surface area contributed by atoms with Crippen LogP contribution in [0.15, 0.2) is 24.3 Å². The van der Waals surface area contributed by atoms with Gasteiger partial charge in [0.15, 0.2) is 0 Å². The third-order valence-electron chi connectivity index (χ3n) is 3.11. The van der Waals surface area contributed by atoms with Crippen LogP contribution in [0.2, 0.25) is 0 Å². The molecule has 0 radical (unpaired) electrons. The van der Waals surface area contributed by atoms with Crippen LogP contribution in [0, 0.1) is 5.92 Å². The predicted octanol–water partition coefficient (Wildman–Crippen LogP) is 2.12. The zero-order valence-electron chi connectivity index (χ0n) is 10.5. The summed E-state index contributed by atoms with van der Waals surface area (Å²) >= 11 is 0. The van der Waals surface area contributed by atoms with Gasteiger partial charge in [0.25, 0.3) is 0 Å². The Labute approximate surface area is 113 Å². The summed E-state index contributed by atoms with van der Waals surface area (Å²) < 4.78 is 28.3. The van der Waals surface area contributed by atoms with Gasteiger partial charge in [0, 0.05) is 12.2 Å².